The largest absolute Gasteiger partial charge is 0.457 e. The number of esters is 1. The maximum absolute atomic E-state index is 13.5. The van der Waals surface area contributed by atoms with Gasteiger partial charge < -0.3 is 20.3 Å². The average molecular weight is 542 g/mol. The second kappa shape index (κ2) is 10.3. The van der Waals surface area contributed by atoms with Gasteiger partial charge in [0.1, 0.15) is 5.60 Å². The van der Waals surface area contributed by atoms with Gasteiger partial charge in [0.25, 0.3) is 0 Å². The molecule has 1 unspecified atom stereocenters. The Morgan fingerprint density at radius 2 is 1.82 bits per heavy atom. The van der Waals surface area contributed by atoms with Crippen LogP contribution in [-0.2, 0) is 23.9 Å². The molecule has 3 N–H and O–H groups in total. The minimum atomic E-state index is -1.66. The summed E-state index contributed by atoms with van der Waals surface area (Å²) in [6.07, 6.45) is 10.3. The van der Waals surface area contributed by atoms with Crippen LogP contribution in [0, 0.1) is 40.4 Å². The van der Waals surface area contributed by atoms with Crippen molar-refractivity contribution in [2.75, 3.05) is 13.2 Å². The third kappa shape index (κ3) is 4.71. The summed E-state index contributed by atoms with van der Waals surface area (Å²) in [5.74, 6) is -0.766. The van der Waals surface area contributed by atoms with Crippen molar-refractivity contribution < 1.29 is 34.1 Å². The number of ketones is 2. The number of hydrogen-bond donors (Lipinski definition) is 3. The lowest BCUT2D eigenvalue weighted by Gasteiger charge is -2.59. The van der Waals surface area contributed by atoms with E-state index in [1.165, 1.54) is 6.92 Å². The number of aliphatic hydroxyl groups is 2. The molecule has 5 rings (SSSR count). The van der Waals surface area contributed by atoms with Gasteiger partial charge in [0.15, 0.2) is 12.4 Å². The van der Waals surface area contributed by atoms with Crippen molar-refractivity contribution in [2.45, 2.75) is 90.3 Å². The first-order valence-electron chi connectivity index (χ1n) is 14.7. The molecule has 0 aliphatic heterocycles. The number of carbonyl (C=O) groups is 4. The topological polar surface area (TPSA) is 130 Å². The third-order valence-corrected chi connectivity index (χ3v) is 11.3. The van der Waals surface area contributed by atoms with Gasteiger partial charge in [0, 0.05) is 30.2 Å². The molecule has 8 heteroatoms. The maximum atomic E-state index is 13.5. The van der Waals surface area contributed by atoms with E-state index in [1.54, 1.807) is 12.2 Å². The van der Waals surface area contributed by atoms with E-state index in [4.69, 9.17) is 4.74 Å². The zero-order valence-electron chi connectivity index (χ0n) is 23.4. The van der Waals surface area contributed by atoms with E-state index in [9.17, 15) is 29.4 Å². The summed E-state index contributed by atoms with van der Waals surface area (Å²) in [5, 5.41) is 26.2. The van der Waals surface area contributed by atoms with Crippen molar-refractivity contribution in [3.63, 3.8) is 0 Å². The fraction of sp³-hybridized carbons (Fsp3) is 0.742. The van der Waals surface area contributed by atoms with Crippen molar-refractivity contribution in [1.29, 1.82) is 0 Å². The Kier molecular flexibility index (Phi) is 7.42. The molecule has 5 aliphatic carbocycles. The molecule has 0 bridgehead atoms. The van der Waals surface area contributed by atoms with E-state index in [-0.39, 0.29) is 41.8 Å². The molecule has 39 heavy (non-hydrogen) atoms. The number of hydrogen-bond acceptors (Lipinski definition) is 7. The van der Waals surface area contributed by atoms with Crippen LogP contribution in [0.3, 0.4) is 0 Å². The molecule has 0 aromatic carbocycles. The highest BCUT2D eigenvalue weighted by Crippen LogP contribution is 2.67. The van der Waals surface area contributed by atoms with Crippen LogP contribution in [0.4, 0.5) is 0 Å². The van der Waals surface area contributed by atoms with Gasteiger partial charge in [0.2, 0.25) is 11.7 Å². The van der Waals surface area contributed by atoms with Crippen molar-refractivity contribution in [3.05, 3.63) is 23.8 Å². The van der Waals surface area contributed by atoms with Crippen molar-refractivity contribution in [2.24, 2.45) is 40.4 Å². The van der Waals surface area contributed by atoms with Crippen LogP contribution >= 0.6 is 0 Å². The second-order valence-corrected chi connectivity index (χ2v) is 13.3. The molecule has 0 aromatic heterocycles. The number of aliphatic hydroxyl groups excluding tert-OH is 1. The number of fused-ring (bicyclic) bond motifs is 5. The quantitative estimate of drug-likeness (QED) is 0.441. The zero-order chi connectivity index (χ0) is 28.2. The molecule has 0 saturated heterocycles. The molecule has 4 saturated carbocycles. The zero-order valence-corrected chi connectivity index (χ0v) is 23.4. The fourth-order valence-corrected chi connectivity index (χ4v) is 9.05. The van der Waals surface area contributed by atoms with Gasteiger partial charge in [-0.25, -0.2) is 0 Å². The van der Waals surface area contributed by atoms with Crippen molar-refractivity contribution >= 4 is 23.4 Å². The highest BCUT2D eigenvalue weighted by Gasteiger charge is 2.68. The Labute approximate surface area is 230 Å². The first-order valence-corrected chi connectivity index (χ1v) is 14.7. The highest BCUT2D eigenvalue weighted by molar-refractivity contribution is 6.01. The monoisotopic (exact) mass is 541 g/mol. The lowest BCUT2D eigenvalue weighted by molar-refractivity contribution is -0.182. The van der Waals surface area contributed by atoms with Gasteiger partial charge in [-0.2, -0.15) is 0 Å². The Morgan fingerprint density at radius 1 is 1.10 bits per heavy atom. The summed E-state index contributed by atoms with van der Waals surface area (Å²) in [6.45, 7) is 5.68. The van der Waals surface area contributed by atoms with Crippen molar-refractivity contribution in [3.8, 4) is 0 Å². The molecule has 5 aliphatic rings. The normalized spacial score (nSPS) is 43.0. The molecule has 8 nitrogen and oxygen atoms in total. The van der Waals surface area contributed by atoms with Crippen LogP contribution in [0.2, 0.25) is 0 Å². The lowest BCUT2D eigenvalue weighted by Crippen LogP contribution is -2.61. The summed E-state index contributed by atoms with van der Waals surface area (Å²) >= 11 is 0. The molecule has 1 amide bonds. The van der Waals surface area contributed by atoms with Gasteiger partial charge in [-0.1, -0.05) is 25.5 Å². The molecule has 0 heterocycles. The van der Waals surface area contributed by atoms with Crippen LogP contribution in [0.25, 0.3) is 0 Å². The van der Waals surface area contributed by atoms with Crippen LogP contribution in [0.5, 0.6) is 0 Å². The maximum Gasteiger partial charge on any atom is 0.309 e. The lowest BCUT2D eigenvalue weighted by atomic mass is 9.46. The van der Waals surface area contributed by atoms with Gasteiger partial charge in [-0.05, 0) is 87.7 Å². The minimum absolute atomic E-state index is 0.00974. The third-order valence-electron chi connectivity index (χ3n) is 11.3. The molecular formula is C31H43NO7. The number of nitrogens with one attached hydrogen (secondary N) is 1. The average Bonchev–Trinajstić information content (AvgIpc) is 3.17. The Balaban J connectivity index is 1.23. The number of amides is 1. The molecule has 0 radical (unpaired) electrons. The van der Waals surface area contributed by atoms with Gasteiger partial charge in [-0.15, -0.1) is 0 Å². The smallest absolute Gasteiger partial charge is 0.309 e. The molecule has 7 atom stereocenters. The second-order valence-electron chi connectivity index (χ2n) is 13.3. The molecule has 4 fully saturated rings. The number of allylic oxidation sites excluding steroid dienone is 4. The van der Waals surface area contributed by atoms with Crippen LogP contribution in [0.1, 0.15) is 78.6 Å². The number of rotatable bonds is 6. The van der Waals surface area contributed by atoms with Crippen LogP contribution in [-0.4, -0.2) is 58.5 Å². The standard InChI is InChI=1S/C31H43NO7/c1-18(33)32-16-19-4-6-20(7-5-19)28(37)39-17-26(36)31(38)13-11-24-23-9-8-21-14-22(34)10-12-29(21,2)27(23)25(35)15-30(24,31)3/h10,12,14,19-20,23-25,27,35,38H,4-9,11,13,15-17H2,1-3H3,(H,32,33)/t19?,20?,23-,24-,25?,27+,29-,30-,31-/m0/s1. The van der Waals surface area contributed by atoms with E-state index >= 15 is 0 Å². The molecule has 0 spiro atoms. The molecule has 0 aromatic rings. The van der Waals surface area contributed by atoms with Crippen LogP contribution in [0.15, 0.2) is 23.8 Å². The first-order chi connectivity index (χ1) is 18.4. The Morgan fingerprint density at radius 3 is 2.51 bits per heavy atom. The Hall–Kier alpha value is -2.32. The van der Waals surface area contributed by atoms with E-state index < -0.39 is 40.9 Å². The van der Waals surface area contributed by atoms with E-state index in [0.29, 0.717) is 38.1 Å². The number of Topliss-reactive ketones (excluding diaryl/α,β-unsaturated/α-hetero) is 1. The number of carbonyl (C=O) groups excluding carboxylic acids is 4. The SMILES string of the molecule is CC(=O)NCC1CCC(C(=O)OCC(=O)[C@@]2(O)CC[C@H]3[C@@H]4CCC5=CC(=O)C=C[C@]5(C)[C@H]4C(O)C[C@@]32C)CC1. The number of ether oxygens (including phenoxy) is 1. The fourth-order valence-electron chi connectivity index (χ4n) is 9.05. The summed E-state index contributed by atoms with van der Waals surface area (Å²) in [5.41, 5.74) is -1.81. The Bertz CT molecular complexity index is 1100. The summed E-state index contributed by atoms with van der Waals surface area (Å²) in [4.78, 5) is 49.5. The van der Waals surface area contributed by atoms with E-state index in [0.717, 1.165) is 31.3 Å². The minimum Gasteiger partial charge on any atom is -0.457 e. The predicted molar refractivity (Wildman–Crippen MR) is 143 cm³/mol. The van der Waals surface area contributed by atoms with E-state index in [1.807, 2.05) is 13.0 Å². The van der Waals surface area contributed by atoms with Gasteiger partial charge in [-0.3, -0.25) is 19.2 Å². The predicted octanol–water partition coefficient (Wildman–Crippen LogP) is 3.05. The van der Waals surface area contributed by atoms with Crippen LogP contribution < -0.4 is 5.32 Å². The first kappa shape index (κ1) is 28.2. The molecular weight excluding hydrogens is 498 g/mol. The van der Waals surface area contributed by atoms with Gasteiger partial charge >= 0.3 is 5.97 Å². The van der Waals surface area contributed by atoms with E-state index in [2.05, 4.69) is 12.2 Å². The highest BCUT2D eigenvalue weighted by atomic mass is 16.5. The summed E-state index contributed by atoms with van der Waals surface area (Å²) in [6, 6.07) is 0. The summed E-state index contributed by atoms with van der Waals surface area (Å²) in [7, 11) is 0. The van der Waals surface area contributed by atoms with Crippen molar-refractivity contribution in [1.82, 2.24) is 5.32 Å². The van der Waals surface area contributed by atoms with Gasteiger partial charge in [0.05, 0.1) is 12.0 Å². The summed E-state index contributed by atoms with van der Waals surface area (Å²) < 4.78 is 5.48. The molecule has 214 valence electrons.